The van der Waals surface area contributed by atoms with Gasteiger partial charge in [-0.1, -0.05) is 25.9 Å². The van der Waals surface area contributed by atoms with E-state index in [1.807, 2.05) is 0 Å². The van der Waals surface area contributed by atoms with Crippen molar-refractivity contribution in [2.24, 2.45) is 5.41 Å². The van der Waals surface area contributed by atoms with E-state index in [1.165, 1.54) is 7.11 Å². The predicted molar refractivity (Wildman–Crippen MR) is 72.2 cm³/mol. The van der Waals surface area contributed by atoms with E-state index in [9.17, 15) is 4.79 Å². The molecule has 3 rings (SSSR count). The molecule has 2 aliphatic carbocycles. The number of hydrogen-bond donors (Lipinski definition) is 0. The number of hydrogen-bond acceptors (Lipinski definition) is 5. The minimum Gasteiger partial charge on any atom is -0.469 e. The quantitative estimate of drug-likeness (QED) is 0.778. The summed E-state index contributed by atoms with van der Waals surface area (Å²) in [5.74, 6) is 1.38. The minimum atomic E-state index is -0.314. The molecule has 5 nitrogen and oxygen atoms in total. The number of fused-ring (bicyclic) bond motifs is 2. The van der Waals surface area contributed by atoms with Crippen molar-refractivity contribution >= 4 is 5.97 Å². The highest BCUT2D eigenvalue weighted by Crippen LogP contribution is 2.62. The van der Waals surface area contributed by atoms with Gasteiger partial charge < -0.3 is 9.26 Å². The molecule has 1 aromatic rings. The molecular weight excluding hydrogens is 256 g/mol. The van der Waals surface area contributed by atoms with E-state index in [0.29, 0.717) is 5.89 Å². The molecule has 0 aliphatic heterocycles. The number of nitrogens with zero attached hydrogens (tertiary/aromatic N) is 2. The van der Waals surface area contributed by atoms with E-state index in [2.05, 4.69) is 30.9 Å². The summed E-state index contributed by atoms with van der Waals surface area (Å²) in [6, 6.07) is 0. The van der Waals surface area contributed by atoms with Crippen LogP contribution in [0.5, 0.6) is 0 Å². The van der Waals surface area contributed by atoms with Crippen LogP contribution in [-0.2, 0) is 20.4 Å². The molecular formula is C15H22N2O3. The first-order valence-electron chi connectivity index (χ1n) is 7.25. The van der Waals surface area contributed by atoms with Gasteiger partial charge >= 0.3 is 5.97 Å². The molecule has 0 atom stereocenters. The van der Waals surface area contributed by atoms with Gasteiger partial charge in [0.2, 0.25) is 5.89 Å². The summed E-state index contributed by atoms with van der Waals surface area (Å²) >= 11 is 0. The minimum absolute atomic E-state index is 0.0764. The van der Waals surface area contributed by atoms with Gasteiger partial charge in [-0.05, 0) is 32.1 Å². The molecule has 0 saturated heterocycles. The largest absolute Gasteiger partial charge is 0.469 e. The van der Waals surface area contributed by atoms with Crippen LogP contribution in [0.15, 0.2) is 4.52 Å². The summed E-state index contributed by atoms with van der Waals surface area (Å²) in [4.78, 5) is 16.7. The van der Waals surface area contributed by atoms with Crippen LogP contribution in [-0.4, -0.2) is 23.2 Å². The van der Waals surface area contributed by atoms with Crippen molar-refractivity contribution in [3.8, 4) is 0 Å². The second kappa shape index (κ2) is 4.06. The summed E-state index contributed by atoms with van der Waals surface area (Å²) in [5, 5.41) is 4.13. The second-order valence-electron chi connectivity index (χ2n) is 7.40. The average molecular weight is 278 g/mol. The smallest absolute Gasteiger partial charge is 0.311 e. The van der Waals surface area contributed by atoms with Gasteiger partial charge in [-0.2, -0.15) is 4.98 Å². The Morgan fingerprint density at radius 1 is 1.25 bits per heavy atom. The molecule has 0 spiro atoms. The zero-order valence-electron chi connectivity index (χ0n) is 12.7. The summed E-state index contributed by atoms with van der Waals surface area (Å²) in [6.45, 7) is 6.21. The summed E-state index contributed by atoms with van der Waals surface area (Å²) in [6.07, 6.45) is 4.40. The lowest BCUT2D eigenvalue weighted by Gasteiger charge is -2.23. The van der Waals surface area contributed by atoms with Gasteiger partial charge in [-0.3, -0.25) is 4.79 Å². The molecule has 110 valence electrons. The summed E-state index contributed by atoms with van der Waals surface area (Å²) in [7, 11) is 1.47. The molecule has 2 fully saturated rings. The lowest BCUT2D eigenvalue weighted by molar-refractivity contribution is -0.152. The van der Waals surface area contributed by atoms with E-state index in [0.717, 1.165) is 37.9 Å². The molecule has 1 heterocycles. The van der Waals surface area contributed by atoms with Crippen molar-refractivity contribution in [1.29, 1.82) is 0 Å². The molecule has 20 heavy (non-hydrogen) atoms. The van der Waals surface area contributed by atoms with Gasteiger partial charge in [0.25, 0.3) is 0 Å². The first-order chi connectivity index (χ1) is 9.31. The third-order valence-corrected chi connectivity index (χ3v) is 5.01. The molecule has 5 heteroatoms. The van der Waals surface area contributed by atoms with Gasteiger partial charge in [0.1, 0.15) is 0 Å². The number of esters is 1. The maximum atomic E-state index is 12.0. The Hall–Kier alpha value is -1.39. The lowest BCUT2D eigenvalue weighted by Crippen LogP contribution is -2.27. The van der Waals surface area contributed by atoms with E-state index >= 15 is 0 Å². The van der Waals surface area contributed by atoms with Gasteiger partial charge in [-0.15, -0.1) is 0 Å². The van der Waals surface area contributed by atoms with Crippen LogP contribution in [0.2, 0.25) is 0 Å². The Bertz CT molecular complexity index is 534. The van der Waals surface area contributed by atoms with Crippen molar-refractivity contribution < 1.29 is 14.1 Å². The average Bonchev–Trinajstić information content (AvgIpc) is 3.10. The van der Waals surface area contributed by atoms with Crippen molar-refractivity contribution in [3.63, 3.8) is 0 Å². The first-order valence-corrected chi connectivity index (χ1v) is 7.25. The molecule has 0 unspecified atom stereocenters. The summed E-state index contributed by atoms with van der Waals surface area (Å²) < 4.78 is 10.5. The number of ether oxygens (including phenoxy) is 1. The fraction of sp³-hybridized carbons (Fsp3) is 0.800. The molecule has 0 aromatic carbocycles. The predicted octanol–water partition coefficient (Wildman–Crippen LogP) is 2.74. The third-order valence-electron chi connectivity index (χ3n) is 5.01. The fourth-order valence-corrected chi connectivity index (χ4v) is 3.73. The molecule has 2 aliphatic rings. The highest BCUT2D eigenvalue weighted by Gasteiger charge is 2.61. The SMILES string of the molecule is COC(=O)C12CCC(c3nc(C(C)(C)C)no3)(CC1)C2. The monoisotopic (exact) mass is 278 g/mol. The molecule has 1 aromatic heterocycles. The Morgan fingerprint density at radius 3 is 2.40 bits per heavy atom. The number of carbonyl (C=O) groups excluding carboxylic acids is 1. The Labute approximate surface area is 119 Å². The Kier molecular flexibility index (Phi) is 2.76. The molecule has 2 bridgehead atoms. The van der Waals surface area contributed by atoms with Crippen LogP contribution in [0.4, 0.5) is 0 Å². The van der Waals surface area contributed by atoms with Crippen molar-refractivity contribution in [3.05, 3.63) is 11.7 Å². The second-order valence-corrected chi connectivity index (χ2v) is 7.40. The van der Waals surface area contributed by atoms with Crippen LogP contribution in [0, 0.1) is 5.41 Å². The van der Waals surface area contributed by atoms with Crippen molar-refractivity contribution in [2.45, 2.75) is 63.7 Å². The molecule has 0 radical (unpaired) electrons. The van der Waals surface area contributed by atoms with Crippen LogP contribution in [0.25, 0.3) is 0 Å². The summed E-state index contributed by atoms with van der Waals surface area (Å²) in [5.41, 5.74) is -0.537. The van der Waals surface area contributed by atoms with Crippen LogP contribution in [0.3, 0.4) is 0 Å². The Morgan fingerprint density at radius 2 is 1.90 bits per heavy atom. The zero-order chi connectivity index (χ0) is 14.6. The maximum absolute atomic E-state index is 12.0. The zero-order valence-corrected chi connectivity index (χ0v) is 12.7. The van der Waals surface area contributed by atoms with Crippen LogP contribution < -0.4 is 0 Å². The number of methoxy groups -OCH3 is 1. The van der Waals surface area contributed by atoms with Crippen molar-refractivity contribution in [1.82, 2.24) is 10.1 Å². The Balaban J connectivity index is 1.90. The van der Waals surface area contributed by atoms with Gasteiger partial charge in [-0.25, -0.2) is 0 Å². The van der Waals surface area contributed by atoms with E-state index in [-0.39, 0.29) is 22.2 Å². The topological polar surface area (TPSA) is 65.2 Å². The normalized spacial score (nSPS) is 32.6. The number of aromatic nitrogens is 2. The van der Waals surface area contributed by atoms with E-state index in [4.69, 9.17) is 9.26 Å². The fourth-order valence-electron chi connectivity index (χ4n) is 3.73. The molecule has 0 amide bonds. The van der Waals surface area contributed by atoms with Crippen LogP contribution in [0.1, 0.15) is 64.6 Å². The van der Waals surface area contributed by atoms with E-state index < -0.39 is 0 Å². The molecule has 0 N–H and O–H groups in total. The van der Waals surface area contributed by atoms with E-state index in [1.54, 1.807) is 0 Å². The first kappa shape index (κ1) is 13.6. The highest BCUT2D eigenvalue weighted by molar-refractivity contribution is 5.78. The maximum Gasteiger partial charge on any atom is 0.311 e. The highest BCUT2D eigenvalue weighted by atomic mass is 16.5. The third kappa shape index (κ3) is 1.79. The van der Waals surface area contributed by atoms with Crippen molar-refractivity contribution in [2.75, 3.05) is 7.11 Å². The van der Waals surface area contributed by atoms with Gasteiger partial charge in [0, 0.05) is 5.41 Å². The molecule has 2 saturated carbocycles. The van der Waals surface area contributed by atoms with Gasteiger partial charge in [0.05, 0.1) is 17.9 Å². The lowest BCUT2D eigenvalue weighted by atomic mass is 9.82. The van der Waals surface area contributed by atoms with Gasteiger partial charge in [0.15, 0.2) is 5.82 Å². The van der Waals surface area contributed by atoms with Crippen LogP contribution >= 0.6 is 0 Å². The standard InChI is InChI=1S/C15H22N2O3/c1-13(2,3)10-16-11(20-17-10)14-5-7-15(9-14,8-6-14)12(18)19-4/h5-9H2,1-4H3. The number of carbonyl (C=O) groups is 1. The number of rotatable bonds is 2.